The molecule has 1 heterocycles. The Morgan fingerprint density at radius 2 is 2.17 bits per heavy atom. The fourth-order valence-electron chi connectivity index (χ4n) is 1.53. The average Bonchev–Trinajstić information content (AvgIpc) is 2.82. The minimum absolute atomic E-state index is 0.190. The molecule has 94 valence electrons. The summed E-state index contributed by atoms with van der Waals surface area (Å²) < 4.78 is 5.11. The van der Waals surface area contributed by atoms with E-state index in [2.05, 4.69) is 5.32 Å². The zero-order valence-electron chi connectivity index (χ0n) is 10.2. The predicted molar refractivity (Wildman–Crippen MR) is 74.4 cm³/mol. The Kier molecular flexibility index (Phi) is 3.53. The van der Waals surface area contributed by atoms with E-state index >= 15 is 0 Å². The van der Waals surface area contributed by atoms with Gasteiger partial charge in [0, 0.05) is 11.4 Å². The summed E-state index contributed by atoms with van der Waals surface area (Å²) in [5.74, 6) is 0.391. The van der Waals surface area contributed by atoms with E-state index in [9.17, 15) is 4.79 Å². The molecule has 0 aliphatic rings. The van der Waals surface area contributed by atoms with Crippen molar-refractivity contribution < 1.29 is 9.53 Å². The van der Waals surface area contributed by atoms with Crippen LogP contribution >= 0.6 is 11.3 Å². The van der Waals surface area contributed by atoms with Gasteiger partial charge >= 0.3 is 0 Å². The fraction of sp³-hybridized carbons (Fsp3) is 0.154. The molecule has 0 radical (unpaired) electrons. The Labute approximate surface area is 109 Å². The van der Waals surface area contributed by atoms with Crippen molar-refractivity contribution in [2.75, 3.05) is 18.2 Å². The van der Waals surface area contributed by atoms with Crippen LogP contribution in [-0.4, -0.2) is 13.0 Å². The van der Waals surface area contributed by atoms with E-state index in [0.29, 0.717) is 22.0 Å². The summed E-state index contributed by atoms with van der Waals surface area (Å²) >= 11 is 1.34. The SMILES string of the molecule is COc1ccsc1C(=O)Nc1ccc(C)c(N)c1. The number of thiophene rings is 1. The van der Waals surface area contributed by atoms with Gasteiger partial charge in [0.25, 0.3) is 5.91 Å². The number of benzene rings is 1. The summed E-state index contributed by atoms with van der Waals surface area (Å²) in [6, 6.07) is 7.21. The minimum atomic E-state index is -0.190. The monoisotopic (exact) mass is 262 g/mol. The lowest BCUT2D eigenvalue weighted by Crippen LogP contribution is -2.11. The third-order valence-corrected chi connectivity index (χ3v) is 3.49. The van der Waals surface area contributed by atoms with E-state index in [1.165, 1.54) is 11.3 Å². The van der Waals surface area contributed by atoms with E-state index < -0.39 is 0 Å². The molecule has 0 saturated carbocycles. The molecule has 18 heavy (non-hydrogen) atoms. The van der Waals surface area contributed by atoms with Crippen LogP contribution in [0.3, 0.4) is 0 Å². The lowest BCUT2D eigenvalue weighted by atomic mass is 10.2. The smallest absolute Gasteiger partial charge is 0.269 e. The Bertz CT molecular complexity index is 578. The second kappa shape index (κ2) is 5.10. The van der Waals surface area contributed by atoms with E-state index in [1.807, 2.05) is 24.4 Å². The topological polar surface area (TPSA) is 64.3 Å². The first-order valence-corrected chi connectivity index (χ1v) is 6.28. The first-order chi connectivity index (χ1) is 8.61. The van der Waals surface area contributed by atoms with Gasteiger partial charge in [0.05, 0.1) is 7.11 Å². The molecular formula is C13H14N2O2S. The van der Waals surface area contributed by atoms with E-state index in [-0.39, 0.29) is 5.91 Å². The zero-order chi connectivity index (χ0) is 13.1. The maximum absolute atomic E-state index is 12.0. The highest BCUT2D eigenvalue weighted by atomic mass is 32.1. The molecule has 5 heteroatoms. The van der Waals surface area contributed by atoms with Crippen LogP contribution in [0.4, 0.5) is 11.4 Å². The number of anilines is 2. The molecule has 0 aliphatic carbocycles. The number of carbonyl (C=O) groups is 1. The second-order valence-corrected chi connectivity index (χ2v) is 4.76. The molecule has 1 amide bonds. The van der Waals surface area contributed by atoms with Gasteiger partial charge in [0.1, 0.15) is 10.6 Å². The molecule has 1 aromatic carbocycles. The molecule has 0 atom stereocenters. The minimum Gasteiger partial charge on any atom is -0.495 e. The van der Waals surface area contributed by atoms with Gasteiger partial charge in [-0.05, 0) is 36.1 Å². The van der Waals surface area contributed by atoms with Gasteiger partial charge in [-0.25, -0.2) is 0 Å². The highest BCUT2D eigenvalue weighted by molar-refractivity contribution is 7.12. The van der Waals surface area contributed by atoms with Crippen LogP contribution in [0.5, 0.6) is 5.75 Å². The molecule has 0 spiro atoms. The summed E-state index contributed by atoms with van der Waals surface area (Å²) in [5.41, 5.74) is 8.12. The molecule has 0 saturated heterocycles. The molecule has 2 aromatic rings. The van der Waals surface area contributed by atoms with E-state index in [1.54, 1.807) is 19.2 Å². The Balaban J connectivity index is 2.19. The van der Waals surface area contributed by atoms with Gasteiger partial charge in [0.2, 0.25) is 0 Å². The number of nitrogen functional groups attached to an aromatic ring is 1. The van der Waals surface area contributed by atoms with Gasteiger partial charge in [0.15, 0.2) is 0 Å². The Morgan fingerprint density at radius 3 is 2.83 bits per heavy atom. The van der Waals surface area contributed by atoms with Gasteiger partial charge in [-0.3, -0.25) is 4.79 Å². The molecule has 2 rings (SSSR count). The van der Waals surface area contributed by atoms with E-state index in [4.69, 9.17) is 10.5 Å². The summed E-state index contributed by atoms with van der Waals surface area (Å²) in [6.45, 7) is 1.92. The van der Waals surface area contributed by atoms with Crippen LogP contribution in [0.2, 0.25) is 0 Å². The van der Waals surface area contributed by atoms with Crippen LogP contribution < -0.4 is 15.8 Å². The van der Waals surface area contributed by atoms with Crippen LogP contribution in [0, 0.1) is 6.92 Å². The lowest BCUT2D eigenvalue weighted by Gasteiger charge is -2.07. The number of hydrogen-bond donors (Lipinski definition) is 2. The number of hydrogen-bond acceptors (Lipinski definition) is 4. The molecule has 0 aliphatic heterocycles. The molecule has 4 nitrogen and oxygen atoms in total. The number of methoxy groups -OCH3 is 1. The largest absolute Gasteiger partial charge is 0.495 e. The van der Waals surface area contributed by atoms with Crippen LogP contribution in [0.25, 0.3) is 0 Å². The summed E-state index contributed by atoms with van der Waals surface area (Å²) in [5, 5.41) is 4.62. The van der Waals surface area contributed by atoms with Gasteiger partial charge in [-0.1, -0.05) is 6.07 Å². The van der Waals surface area contributed by atoms with Crippen molar-refractivity contribution in [3.8, 4) is 5.75 Å². The molecule has 1 aromatic heterocycles. The summed E-state index contributed by atoms with van der Waals surface area (Å²) in [6.07, 6.45) is 0. The normalized spacial score (nSPS) is 10.1. The molecule has 3 N–H and O–H groups in total. The van der Waals surface area contributed by atoms with Crippen molar-refractivity contribution in [1.29, 1.82) is 0 Å². The number of ether oxygens (including phenoxy) is 1. The fourth-order valence-corrected chi connectivity index (χ4v) is 2.28. The van der Waals surface area contributed by atoms with Crippen molar-refractivity contribution in [3.05, 3.63) is 40.1 Å². The van der Waals surface area contributed by atoms with Crippen molar-refractivity contribution in [1.82, 2.24) is 0 Å². The predicted octanol–water partition coefficient (Wildman–Crippen LogP) is 2.90. The highest BCUT2D eigenvalue weighted by Crippen LogP contribution is 2.26. The molecule has 0 fully saturated rings. The number of nitrogens with one attached hydrogen (secondary N) is 1. The summed E-state index contributed by atoms with van der Waals surface area (Å²) in [7, 11) is 1.54. The lowest BCUT2D eigenvalue weighted by molar-refractivity contribution is 0.102. The maximum Gasteiger partial charge on any atom is 0.269 e. The first-order valence-electron chi connectivity index (χ1n) is 5.41. The van der Waals surface area contributed by atoms with Crippen molar-refractivity contribution in [2.24, 2.45) is 0 Å². The second-order valence-electron chi connectivity index (χ2n) is 3.84. The van der Waals surface area contributed by atoms with Gasteiger partial charge in [-0.2, -0.15) is 0 Å². The Morgan fingerprint density at radius 1 is 1.39 bits per heavy atom. The van der Waals surface area contributed by atoms with Gasteiger partial charge < -0.3 is 15.8 Å². The van der Waals surface area contributed by atoms with E-state index in [0.717, 1.165) is 5.56 Å². The standard InChI is InChI=1S/C13H14N2O2S/c1-8-3-4-9(7-10(8)14)15-13(16)12-11(17-2)5-6-18-12/h3-7H,14H2,1-2H3,(H,15,16). The van der Waals surface area contributed by atoms with Crippen molar-refractivity contribution in [2.45, 2.75) is 6.92 Å². The van der Waals surface area contributed by atoms with Crippen LogP contribution in [-0.2, 0) is 0 Å². The number of carbonyl (C=O) groups excluding carboxylic acids is 1. The quantitative estimate of drug-likeness (QED) is 0.836. The third-order valence-electron chi connectivity index (χ3n) is 2.59. The summed E-state index contributed by atoms with van der Waals surface area (Å²) in [4.78, 5) is 12.6. The maximum atomic E-state index is 12.0. The molecule has 0 unspecified atom stereocenters. The average molecular weight is 262 g/mol. The highest BCUT2D eigenvalue weighted by Gasteiger charge is 2.14. The van der Waals surface area contributed by atoms with Crippen molar-refractivity contribution in [3.63, 3.8) is 0 Å². The number of nitrogens with two attached hydrogens (primary N) is 1. The van der Waals surface area contributed by atoms with Gasteiger partial charge in [-0.15, -0.1) is 11.3 Å². The van der Waals surface area contributed by atoms with Crippen LogP contribution in [0.15, 0.2) is 29.6 Å². The number of aryl methyl sites for hydroxylation is 1. The molecular weight excluding hydrogens is 248 g/mol. The van der Waals surface area contributed by atoms with Crippen LogP contribution in [0.1, 0.15) is 15.2 Å². The number of rotatable bonds is 3. The van der Waals surface area contributed by atoms with Crippen molar-refractivity contribution >= 4 is 28.6 Å². The Hall–Kier alpha value is -2.01. The number of amides is 1. The first kappa shape index (κ1) is 12.4. The third kappa shape index (κ3) is 2.46. The molecule has 0 bridgehead atoms. The zero-order valence-corrected chi connectivity index (χ0v) is 11.0.